The molecular formula is C12H8BrN3O4. The SMILES string of the molecule is O=[N+]([O-])c1ccc(/[N+]([O-])=[N+](\[O-])c2ccc(Br)cc2)cc1. The van der Waals surface area contributed by atoms with E-state index in [1.165, 1.54) is 24.3 Å². The zero-order valence-corrected chi connectivity index (χ0v) is 11.6. The maximum Gasteiger partial charge on any atom is 0.288 e. The minimum atomic E-state index is -0.581. The smallest absolute Gasteiger partial charge is 0.288 e. The summed E-state index contributed by atoms with van der Waals surface area (Å²) in [5.41, 5.74) is 0.0123. The second-order valence-electron chi connectivity index (χ2n) is 3.80. The van der Waals surface area contributed by atoms with Gasteiger partial charge in [0, 0.05) is 40.9 Å². The molecular weight excluding hydrogens is 330 g/mol. The Hall–Kier alpha value is -2.48. The van der Waals surface area contributed by atoms with Crippen LogP contribution in [0.3, 0.4) is 0 Å². The van der Waals surface area contributed by atoms with Crippen LogP contribution in [-0.4, -0.2) is 14.6 Å². The Morgan fingerprint density at radius 2 is 1.05 bits per heavy atom. The van der Waals surface area contributed by atoms with Gasteiger partial charge < -0.3 is 10.4 Å². The van der Waals surface area contributed by atoms with E-state index in [9.17, 15) is 20.5 Å². The van der Waals surface area contributed by atoms with Gasteiger partial charge in [-0.15, -0.1) is 0 Å². The first kappa shape index (κ1) is 13.9. The van der Waals surface area contributed by atoms with Gasteiger partial charge in [-0.3, -0.25) is 10.1 Å². The lowest BCUT2D eigenvalue weighted by Gasteiger charge is -2.02. The molecule has 0 saturated heterocycles. The van der Waals surface area contributed by atoms with Gasteiger partial charge in [-0.1, -0.05) is 15.9 Å². The van der Waals surface area contributed by atoms with E-state index in [4.69, 9.17) is 0 Å². The van der Waals surface area contributed by atoms with Crippen molar-refractivity contribution in [1.29, 1.82) is 0 Å². The summed E-state index contributed by atoms with van der Waals surface area (Å²) in [5.74, 6) is 0. The highest BCUT2D eigenvalue weighted by Crippen LogP contribution is 2.21. The van der Waals surface area contributed by atoms with Crippen molar-refractivity contribution in [2.45, 2.75) is 0 Å². The first-order valence-electron chi connectivity index (χ1n) is 5.43. The molecule has 0 atom stereocenters. The lowest BCUT2D eigenvalue weighted by molar-refractivity contribution is -0.896. The van der Waals surface area contributed by atoms with Crippen LogP contribution in [0.15, 0.2) is 53.0 Å². The lowest BCUT2D eigenvalue weighted by atomic mass is 10.3. The van der Waals surface area contributed by atoms with Crippen molar-refractivity contribution in [3.8, 4) is 0 Å². The monoisotopic (exact) mass is 337 g/mol. The molecule has 102 valence electrons. The van der Waals surface area contributed by atoms with Crippen LogP contribution in [0.2, 0.25) is 0 Å². The number of rotatable bonds is 3. The van der Waals surface area contributed by atoms with Crippen LogP contribution in [0.4, 0.5) is 17.1 Å². The highest BCUT2D eigenvalue weighted by Gasteiger charge is 2.16. The van der Waals surface area contributed by atoms with Crippen LogP contribution >= 0.6 is 15.9 Å². The van der Waals surface area contributed by atoms with Crippen molar-refractivity contribution in [2.75, 3.05) is 0 Å². The van der Waals surface area contributed by atoms with Crippen molar-refractivity contribution < 1.29 is 14.6 Å². The zero-order valence-electron chi connectivity index (χ0n) is 9.97. The average Bonchev–Trinajstić information content (AvgIpc) is 2.46. The van der Waals surface area contributed by atoms with E-state index < -0.39 is 4.92 Å². The van der Waals surface area contributed by atoms with Gasteiger partial charge in [-0.2, -0.15) is 0 Å². The number of nitrogens with zero attached hydrogens (tertiary/aromatic N) is 3. The van der Waals surface area contributed by atoms with Crippen molar-refractivity contribution in [3.63, 3.8) is 0 Å². The summed E-state index contributed by atoms with van der Waals surface area (Å²) in [6, 6.07) is 11.0. The van der Waals surface area contributed by atoms with Gasteiger partial charge in [0.15, 0.2) is 0 Å². The molecule has 0 aliphatic heterocycles. The van der Waals surface area contributed by atoms with Gasteiger partial charge in [0.2, 0.25) is 0 Å². The van der Waals surface area contributed by atoms with Gasteiger partial charge >= 0.3 is 0 Å². The largest absolute Gasteiger partial charge is 0.561 e. The molecule has 0 fully saturated rings. The predicted molar refractivity (Wildman–Crippen MR) is 73.8 cm³/mol. The summed E-state index contributed by atoms with van der Waals surface area (Å²) >= 11 is 3.22. The molecule has 0 amide bonds. The third-order valence-electron chi connectivity index (χ3n) is 2.49. The van der Waals surface area contributed by atoms with Crippen molar-refractivity contribution >= 4 is 33.0 Å². The number of nitro groups is 1. The minimum Gasteiger partial charge on any atom is -0.561 e. The summed E-state index contributed by atoms with van der Waals surface area (Å²) in [6.07, 6.45) is 0. The summed E-state index contributed by atoms with van der Waals surface area (Å²) in [4.78, 5) is 10.2. The third kappa shape index (κ3) is 2.91. The van der Waals surface area contributed by atoms with Gasteiger partial charge in [0.25, 0.3) is 17.1 Å². The number of halogens is 1. The molecule has 0 aliphatic carbocycles. The van der Waals surface area contributed by atoms with E-state index in [0.29, 0.717) is 0 Å². The molecule has 2 aromatic rings. The zero-order chi connectivity index (χ0) is 14.7. The van der Waals surface area contributed by atoms with Crippen LogP contribution in [0.1, 0.15) is 0 Å². The molecule has 8 heteroatoms. The summed E-state index contributed by atoms with van der Waals surface area (Å²) in [7, 11) is 0. The minimum absolute atomic E-state index is 0.00789. The summed E-state index contributed by atoms with van der Waals surface area (Å²) < 4.78 is 0.780. The Morgan fingerprint density at radius 1 is 0.700 bits per heavy atom. The van der Waals surface area contributed by atoms with Crippen molar-refractivity contribution in [3.05, 3.63) is 73.5 Å². The van der Waals surface area contributed by atoms with Gasteiger partial charge in [-0.25, -0.2) is 0 Å². The number of azo groups is 1. The van der Waals surface area contributed by atoms with Crippen molar-refractivity contribution in [2.24, 2.45) is 0 Å². The maximum absolute atomic E-state index is 11.9. The maximum atomic E-state index is 11.9. The second-order valence-corrected chi connectivity index (χ2v) is 4.71. The molecule has 0 spiro atoms. The standard InChI is InChI=1S/C12H8BrN3O4/c13-9-1-3-10(4-2-9)14(17)15(18)11-5-7-12(8-6-11)16(19)20/h1-8H/b15-14+. The fourth-order valence-electron chi connectivity index (χ4n) is 1.48. The molecule has 2 aromatic carbocycles. The van der Waals surface area contributed by atoms with Crippen LogP contribution in [0, 0.1) is 20.5 Å². The number of hydrogen-bond donors (Lipinski definition) is 0. The number of hydrogen-bond acceptors (Lipinski definition) is 4. The molecule has 20 heavy (non-hydrogen) atoms. The van der Waals surface area contributed by atoms with E-state index in [1.54, 1.807) is 12.1 Å². The second kappa shape index (κ2) is 5.66. The summed E-state index contributed by atoms with van der Waals surface area (Å²) in [6.45, 7) is 0. The Balaban J connectivity index is 2.37. The third-order valence-corrected chi connectivity index (χ3v) is 3.02. The highest BCUT2D eigenvalue weighted by molar-refractivity contribution is 9.10. The quantitative estimate of drug-likeness (QED) is 0.368. The molecule has 0 N–H and O–H groups in total. The fourth-order valence-corrected chi connectivity index (χ4v) is 1.74. The Morgan fingerprint density at radius 3 is 1.45 bits per heavy atom. The number of benzene rings is 2. The predicted octanol–water partition coefficient (Wildman–Crippen LogP) is 3.79. The van der Waals surface area contributed by atoms with E-state index in [1.807, 2.05) is 0 Å². The van der Waals surface area contributed by atoms with E-state index >= 15 is 0 Å². The molecule has 0 radical (unpaired) electrons. The van der Waals surface area contributed by atoms with Crippen LogP contribution in [0.5, 0.6) is 0 Å². The Kier molecular flexibility index (Phi) is 3.94. The molecule has 2 rings (SSSR count). The fraction of sp³-hybridized carbons (Fsp3) is 0. The van der Waals surface area contributed by atoms with Crippen LogP contribution in [-0.2, 0) is 0 Å². The first-order valence-corrected chi connectivity index (χ1v) is 6.23. The average molecular weight is 338 g/mol. The van der Waals surface area contributed by atoms with E-state index in [0.717, 1.165) is 16.6 Å². The molecule has 0 aliphatic rings. The Labute approximate surface area is 121 Å². The lowest BCUT2D eigenvalue weighted by Crippen LogP contribution is -2.08. The summed E-state index contributed by atoms with van der Waals surface area (Å²) in [5, 5.41) is 34.2. The van der Waals surface area contributed by atoms with E-state index in [-0.39, 0.29) is 26.8 Å². The van der Waals surface area contributed by atoms with Gasteiger partial charge in [0.05, 0.1) is 14.6 Å². The molecule has 0 heterocycles. The highest BCUT2D eigenvalue weighted by atomic mass is 79.9. The number of nitro benzene ring substituents is 1. The van der Waals surface area contributed by atoms with Crippen molar-refractivity contribution in [1.82, 2.24) is 0 Å². The van der Waals surface area contributed by atoms with E-state index in [2.05, 4.69) is 15.9 Å². The van der Waals surface area contributed by atoms with Crippen LogP contribution in [0.25, 0.3) is 0 Å². The number of non-ortho nitro benzene ring substituents is 1. The van der Waals surface area contributed by atoms with Gasteiger partial charge in [-0.05, 0) is 12.1 Å². The van der Waals surface area contributed by atoms with Gasteiger partial charge in [0.1, 0.15) is 0 Å². The normalized spacial score (nSPS) is 11.8. The molecule has 7 nitrogen and oxygen atoms in total. The topological polar surface area (TPSA) is 95.3 Å². The first-order chi connectivity index (χ1) is 9.49. The molecule has 0 bridgehead atoms. The van der Waals surface area contributed by atoms with Crippen LogP contribution < -0.4 is 0 Å². The molecule has 0 unspecified atom stereocenters. The Bertz CT molecular complexity index is 668. The molecule has 0 aromatic heterocycles. The molecule has 0 saturated carbocycles.